The number of alkyl halides is 5. The number of nitrogens with zero attached hydrogens (tertiary/aromatic N) is 6. The second-order valence-corrected chi connectivity index (χ2v) is 9.69. The predicted octanol–water partition coefficient (Wildman–Crippen LogP) is 5.07. The number of ether oxygens (including phenoxy) is 1. The number of aromatic nitrogens is 6. The second kappa shape index (κ2) is 10.2. The monoisotopic (exact) mass is 571 g/mol. The number of hydrogen-bond donors (Lipinski definition) is 2. The molecule has 1 aromatic carbocycles. The summed E-state index contributed by atoms with van der Waals surface area (Å²) in [4.78, 5) is 21.4. The number of imidazole rings is 1. The van der Waals surface area contributed by atoms with Crippen molar-refractivity contribution >= 4 is 11.0 Å². The van der Waals surface area contributed by atoms with Gasteiger partial charge >= 0.3 is 12.8 Å². The number of H-pyrrole nitrogens is 1. The molecule has 1 fully saturated rings. The minimum Gasteiger partial charge on any atom is -0.416 e. The highest BCUT2D eigenvalue weighted by atomic mass is 19.4. The summed E-state index contributed by atoms with van der Waals surface area (Å²) in [7, 11) is 1.89. The Balaban J connectivity index is 1.32. The van der Waals surface area contributed by atoms with Crippen molar-refractivity contribution in [1.82, 2.24) is 34.4 Å². The maximum Gasteiger partial charge on any atom is 0.434 e. The summed E-state index contributed by atoms with van der Waals surface area (Å²) in [6.45, 7) is -1.87. The van der Waals surface area contributed by atoms with Crippen LogP contribution in [0.4, 0.5) is 22.0 Å². The number of pyridine rings is 1. The van der Waals surface area contributed by atoms with E-state index in [2.05, 4.69) is 29.7 Å². The van der Waals surface area contributed by atoms with Crippen LogP contribution in [0.3, 0.4) is 0 Å². The molecule has 4 aromatic heterocycles. The topological polar surface area (TPSA) is 105 Å². The first kappa shape index (κ1) is 26.8. The zero-order chi connectivity index (χ0) is 28.9. The van der Waals surface area contributed by atoms with E-state index in [1.54, 1.807) is 35.0 Å². The number of aliphatic hydroxyl groups is 1. The minimum absolute atomic E-state index is 0.0681. The lowest BCUT2D eigenvalue weighted by Gasteiger charge is -2.37. The number of likely N-dealkylation sites (tertiary alicyclic amines) is 1. The van der Waals surface area contributed by atoms with E-state index in [4.69, 9.17) is 0 Å². The molecular formula is C27H22F5N7O2. The molecule has 9 nitrogen and oxygen atoms in total. The molecule has 0 radical (unpaired) electrons. The molecule has 14 heteroatoms. The Kier molecular flexibility index (Phi) is 6.66. The highest BCUT2D eigenvalue weighted by Crippen LogP contribution is 2.36. The zero-order valence-corrected chi connectivity index (χ0v) is 21.3. The number of likely N-dealkylation sites (N-methyl/N-ethyl adjacent to an activating group) is 1. The smallest absolute Gasteiger partial charge is 0.416 e. The van der Waals surface area contributed by atoms with Crippen LogP contribution in [-0.2, 0) is 6.18 Å². The van der Waals surface area contributed by atoms with E-state index in [0.29, 0.717) is 40.8 Å². The van der Waals surface area contributed by atoms with E-state index in [1.807, 2.05) is 11.9 Å². The van der Waals surface area contributed by atoms with Crippen molar-refractivity contribution in [1.29, 1.82) is 0 Å². The van der Waals surface area contributed by atoms with Gasteiger partial charge in [-0.25, -0.2) is 19.9 Å². The molecule has 212 valence electrons. The van der Waals surface area contributed by atoms with Gasteiger partial charge in [0.15, 0.2) is 11.5 Å². The lowest BCUT2D eigenvalue weighted by molar-refractivity contribution is -0.141. The highest BCUT2D eigenvalue weighted by molar-refractivity contribution is 5.81. The fourth-order valence-corrected chi connectivity index (χ4v) is 4.87. The van der Waals surface area contributed by atoms with E-state index in [9.17, 15) is 27.1 Å². The van der Waals surface area contributed by atoms with Gasteiger partial charge in [-0.3, -0.25) is 0 Å². The van der Waals surface area contributed by atoms with Crippen molar-refractivity contribution in [3.8, 4) is 28.7 Å². The van der Waals surface area contributed by atoms with Crippen LogP contribution in [0.5, 0.6) is 5.88 Å². The summed E-state index contributed by atoms with van der Waals surface area (Å²) in [5.74, 6) is -0.0755. The van der Waals surface area contributed by atoms with Crippen LogP contribution in [0.2, 0.25) is 0 Å². The Morgan fingerprint density at radius 2 is 1.83 bits per heavy atom. The van der Waals surface area contributed by atoms with Gasteiger partial charge < -0.3 is 24.3 Å². The average molecular weight is 572 g/mol. The quantitative estimate of drug-likeness (QED) is 0.263. The van der Waals surface area contributed by atoms with Crippen LogP contribution < -0.4 is 4.74 Å². The third-order valence-electron chi connectivity index (χ3n) is 6.90. The Hall–Kier alpha value is -4.43. The van der Waals surface area contributed by atoms with Crippen molar-refractivity contribution in [2.75, 3.05) is 20.1 Å². The van der Waals surface area contributed by atoms with E-state index in [-0.39, 0.29) is 29.1 Å². The van der Waals surface area contributed by atoms with Gasteiger partial charge in [0.2, 0.25) is 5.88 Å². The molecular weight excluding hydrogens is 549 g/mol. The Labute approximate surface area is 229 Å². The van der Waals surface area contributed by atoms with E-state index >= 15 is 0 Å². The Morgan fingerprint density at radius 3 is 2.51 bits per heavy atom. The summed E-state index contributed by atoms with van der Waals surface area (Å²) in [5, 5.41) is 11.2. The first-order valence-corrected chi connectivity index (χ1v) is 12.5. The number of rotatable bonds is 7. The second-order valence-electron chi connectivity index (χ2n) is 9.69. The number of aliphatic hydroxyl groups excluding tert-OH is 1. The fraction of sp³-hybridized carbons (Fsp3) is 0.259. The van der Waals surface area contributed by atoms with Crippen molar-refractivity contribution in [2.45, 2.75) is 24.9 Å². The molecule has 2 N–H and O–H groups in total. The van der Waals surface area contributed by atoms with Crippen molar-refractivity contribution in [3.05, 3.63) is 78.0 Å². The van der Waals surface area contributed by atoms with Crippen LogP contribution in [0.1, 0.15) is 29.0 Å². The van der Waals surface area contributed by atoms with Crippen LogP contribution in [0.15, 0.2) is 61.2 Å². The number of benzene rings is 1. The molecule has 5 heterocycles. The van der Waals surface area contributed by atoms with Crippen LogP contribution in [-0.4, -0.2) is 66.2 Å². The van der Waals surface area contributed by atoms with Gasteiger partial charge in [-0.1, -0.05) is 24.3 Å². The van der Waals surface area contributed by atoms with Gasteiger partial charge in [-0.05, 0) is 24.7 Å². The highest BCUT2D eigenvalue weighted by Gasteiger charge is 2.37. The molecule has 1 unspecified atom stereocenters. The Bertz CT molecular complexity index is 1690. The lowest BCUT2D eigenvalue weighted by atomic mass is 10.0. The predicted molar refractivity (Wildman–Crippen MR) is 137 cm³/mol. The van der Waals surface area contributed by atoms with Gasteiger partial charge in [-0.15, -0.1) is 0 Å². The maximum absolute atomic E-state index is 13.5. The molecule has 1 aliphatic rings. The number of fused-ring (bicyclic) bond motifs is 1. The first-order chi connectivity index (χ1) is 19.6. The van der Waals surface area contributed by atoms with Crippen molar-refractivity contribution in [3.63, 3.8) is 0 Å². The average Bonchev–Trinajstić information content (AvgIpc) is 3.56. The summed E-state index contributed by atoms with van der Waals surface area (Å²) in [5.41, 5.74) is 1.33. The van der Waals surface area contributed by atoms with Gasteiger partial charge in [0.25, 0.3) is 0 Å². The van der Waals surface area contributed by atoms with Gasteiger partial charge in [-0.2, -0.15) is 22.0 Å². The molecule has 0 aliphatic carbocycles. The molecule has 6 rings (SSSR count). The van der Waals surface area contributed by atoms with E-state index in [0.717, 1.165) is 6.20 Å². The normalized spacial score (nSPS) is 15.4. The SMILES string of the molecule is CN1CC(n2cc(C(F)(F)F)nc2-c2ccc(C(O)c3c[nH]c4cnc(-c5cccnc5OC(F)F)nc34)cc2)C1. The minimum atomic E-state index is -4.58. The third-order valence-corrected chi connectivity index (χ3v) is 6.90. The van der Waals surface area contributed by atoms with Crippen LogP contribution in [0, 0.1) is 0 Å². The van der Waals surface area contributed by atoms with Crippen molar-refractivity contribution in [2.24, 2.45) is 0 Å². The molecule has 0 spiro atoms. The molecule has 1 saturated heterocycles. The largest absolute Gasteiger partial charge is 0.434 e. The molecule has 1 atom stereocenters. The summed E-state index contributed by atoms with van der Waals surface area (Å²) < 4.78 is 72.1. The maximum atomic E-state index is 13.5. The summed E-state index contributed by atoms with van der Waals surface area (Å²) in [6.07, 6.45) is -0.404. The molecule has 5 aromatic rings. The lowest BCUT2D eigenvalue weighted by Crippen LogP contribution is -2.44. The zero-order valence-electron chi connectivity index (χ0n) is 21.3. The number of aromatic amines is 1. The van der Waals surface area contributed by atoms with Crippen LogP contribution in [0.25, 0.3) is 33.8 Å². The first-order valence-electron chi connectivity index (χ1n) is 12.5. The standard InChI is InChI=1S/C27H22F5N7O2/c1-38-11-16(12-38)39-13-20(27(30,31)32)36-24(39)15-6-4-14(5-7-15)22(40)18-9-34-19-10-35-23(37-21(18)19)17-3-2-8-33-25(17)41-26(28)29/h2-10,13,16,22,26,34,40H,11-12H2,1H3. The van der Waals surface area contributed by atoms with Crippen LogP contribution >= 0.6 is 0 Å². The van der Waals surface area contributed by atoms with E-state index < -0.39 is 24.6 Å². The summed E-state index contributed by atoms with van der Waals surface area (Å²) in [6, 6.07) is 9.32. The molecule has 0 bridgehead atoms. The fourth-order valence-electron chi connectivity index (χ4n) is 4.87. The summed E-state index contributed by atoms with van der Waals surface area (Å²) >= 11 is 0. The third kappa shape index (κ3) is 5.11. The van der Waals surface area contributed by atoms with Gasteiger partial charge in [0.1, 0.15) is 11.9 Å². The Morgan fingerprint density at radius 1 is 1.07 bits per heavy atom. The van der Waals surface area contributed by atoms with Gasteiger partial charge in [0.05, 0.1) is 28.8 Å². The molecule has 0 saturated carbocycles. The number of nitrogens with one attached hydrogen (secondary N) is 1. The molecule has 0 amide bonds. The van der Waals surface area contributed by atoms with Gasteiger partial charge in [0, 0.05) is 42.8 Å². The number of halogens is 5. The number of hydrogen-bond acceptors (Lipinski definition) is 7. The molecule has 41 heavy (non-hydrogen) atoms. The molecule has 1 aliphatic heterocycles. The van der Waals surface area contributed by atoms with E-state index in [1.165, 1.54) is 24.5 Å². The van der Waals surface area contributed by atoms with Crippen molar-refractivity contribution < 1.29 is 31.8 Å².